The van der Waals surface area contributed by atoms with E-state index in [1.807, 2.05) is 18.2 Å². The van der Waals surface area contributed by atoms with Crippen LogP contribution in [0.2, 0.25) is 0 Å². The summed E-state index contributed by atoms with van der Waals surface area (Å²) >= 11 is 3.55. The summed E-state index contributed by atoms with van der Waals surface area (Å²) in [5.74, 6) is 0.391. The molecule has 0 aromatic heterocycles. The predicted molar refractivity (Wildman–Crippen MR) is 137 cm³/mol. The van der Waals surface area contributed by atoms with Crippen LogP contribution in [0.25, 0.3) is 0 Å². The van der Waals surface area contributed by atoms with Crippen molar-refractivity contribution in [2.24, 2.45) is 0 Å². The Morgan fingerprint density at radius 2 is 1.77 bits per heavy atom. The van der Waals surface area contributed by atoms with E-state index in [-0.39, 0.29) is 30.1 Å². The summed E-state index contributed by atoms with van der Waals surface area (Å²) in [7, 11) is 0. The number of hydrogen-bond acceptors (Lipinski definition) is 6. The number of hydrogen-bond donors (Lipinski definition) is 4. The first-order valence-electron chi connectivity index (χ1n) is 11.2. The van der Waals surface area contributed by atoms with Crippen LogP contribution in [0.5, 0.6) is 17.2 Å². The molecule has 8 heteroatoms. The molecule has 0 aliphatic rings. The summed E-state index contributed by atoms with van der Waals surface area (Å²) in [6.45, 7) is 4.76. The van der Waals surface area contributed by atoms with E-state index in [2.05, 4.69) is 35.1 Å². The van der Waals surface area contributed by atoms with E-state index >= 15 is 0 Å². The Bertz CT molecular complexity index is 1130. The number of benzene rings is 3. The minimum Gasteiger partial charge on any atom is -0.508 e. The van der Waals surface area contributed by atoms with Crippen molar-refractivity contribution in [2.45, 2.75) is 38.5 Å². The highest BCUT2D eigenvalue weighted by atomic mass is 79.9. The smallest absolute Gasteiger partial charge is 0.336 e. The molecule has 0 heterocycles. The highest BCUT2D eigenvalue weighted by Crippen LogP contribution is 2.28. The normalized spacial score (nSPS) is 12.2. The number of carbonyl (C=O) groups is 1. The molecule has 0 aliphatic heterocycles. The Balaban J connectivity index is 1.50. The van der Waals surface area contributed by atoms with E-state index in [4.69, 9.17) is 9.47 Å². The number of aromatic hydroxyl groups is 1. The molecule has 35 heavy (non-hydrogen) atoms. The molecule has 0 spiro atoms. The number of carboxylic acid groups (broad SMARTS) is 1. The van der Waals surface area contributed by atoms with E-state index < -0.39 is 12.1 Å². The molecule has 0 amide bonds. The van der Waals surface area contributed by atoms with Gasteiger partial charge in [0.15, 0.2) is 0 Å². The third-order valence-corrected chi connectivity index (χ3v) is 5.99. The highest BCUT2D eigenvalue weighted by Gasteiger charge is 2.20. The second-order valence-electron chi connectivity index (χ2n) is 8.92. The molecule has 3 aromatic rings. The number of aliphatic hydroxyl groups excluding tert-OH is 1. The Hall–Kier alpha value is -3.07. The lowest BCUT2D eigenvalue weighted by atomic mass is 9.94. The van der Waals surface area contributed by atoms with Crippen LogP contribution in [0.3, 0.4) is 0 Å². The zero-order valence-electron chi connectivity index (χ0n) is 19.7. The van der Waals surface area contributed by atoms with Crippen molar-refractivity contribution in [3.8, 4) is 17.2 Å². The minimum atomic E-state index is -0.981. The van der Waals surface area contributed by atoms with Gasteiger partial charge in [0, 0.05) is 17.6 Å². The van der Waals surface area contributed by atoms with Gasteiger partial charge < -0.3 is 30.1 Å². The molecule has 0 saturated heterocycles. The molecule has 186 valence electrons. The molecule has 3 aromatic carbocycles. The minimum absolute atomic E-state index is 0.135. The maximum Gasteiger partial charge on any atom is 0.336 e. The fourth-order valence-corrected chi connectivity index (χ4v) is 4.08. The Morgan fingerprint density at radius 1 is 1.06 bits per heavy atom. The van der Waals surface area contributed by atoms with Gasteiger partial charge in [-0.15, -0.1) is 0 Å². The highest BCUT2D eigenvalue weighted by molar-refractivity contribution is 9.10. The van der Waals surface area contributed by atoms with Gasteiger partial charge in [-0.2, -0.15) is 0 Å². The molecule has 0 radical (unpaired) electrons. The van der Waals surface area contributed by atoms with Crippen LogP contribution >= 0.6 is 15.9 Å². The van der Waals surface area contributed by atoms with Crippen molar-refractivity contribution in [2.75, 3.05) is 13.2 Å². The number of halogens is 1. The molecular weight excluding hydrogens is 514 g/mol. The lowest BCUT2D eigenvalue weighted by Crippen LogP contribution is -2.46. The third kappa shape index (κ3) is 8.28. The Kier molecular flexibility index (Phi) is 9.14. The van der Waals surface area contributed by atoms with Crippen molar-refractivity contribution >= 4 is 21.9 Å². The Labute approximate surface area is 213 Å². The maximum absolute atomic E-state index is 11.4. The molecule has 1 atom stereocenters. The first kappa shape index (κ1) is 26.5. The molecule has 0 saturated carbocycles. The van der Waals surface area contributed by atoms with Crippen LogP contribution < -0.4 is 14.8 Å². The van der Waals surface area contributed by atoms with Crippen LogP contribution in [0.15, 0.2) is 71.2 Å². The van der Waals surface area contributed by atoms with Gasteiger partial charge in [0.05, 0.1) is 10.0 Å². The molecule has 3 rings (SSSR count). The number of phenols is 1. The topological polar surface area (TPSA) is 108 Å². The van der Waals surface area contributed by atoms with Crippen molar-refractivity contribution in [3.05, 3.63) is 87.9 Å². The number of β-amino-alcohol motifs (C(OH)–C–C–N with tert-alkyl or cyclic N) is 1. The van der Waals surface area contributed by atoms with E-state index in [9.17, 15) is 20.1 Å². The first-order chi connectivity index (χ1) is 16.6. The average molecular weight is 544 g/mol. The second-order valence-corrected chi connectivity index (χ2v) is 9.77. The number of rotatable bonds is 12. The third-order valence-electron chi connectivity index (χ3n) is 5.37. The van der Waals surface area contributed by atoms with Crippen molar-refractivity contribution < 1.29 is 29.6 Å². The van der Waals surface area contributed by atoms with Gasteiger partial charge in [0.25, 0.3) is 0 Å². The zero-order valence-corrected chi connectivity index (χ0v) is 21.3. The summed E-state index contributed by atoms with van der Waals surface area (Å²) in [5, 5.41) is 32.3. The lowest BCUT2D eigenvalue weighted by Gasteiger charge is -2.28. The largest absolute Gasteiger partial charge is 0.508 e. The van der Waals surface area contributed by atoms with Gasteiger partial charge >= 0.3 is 5.97 Å². The van der Waals surface area contributed by atoms with Gasteiger partial charge in [-0.1, -0.05) is 24.3 Å². The number of aliphatic hydroxyl groups is 1. The van der Waals surface area contributed by atoms with Gasteiger partial charge in [0.2, 0.25) is 0 Å². The number of carboxylic acids is 1. The summed E-state index contributed by atoms with van der Waals surface area (Å²) < 4.78 is 12.2. The van der Waals surface area contributed by atoms with Crippen molar-refractivity contribution in [1.82, 2.24) is 5.32 Å². The molecule has 0 fully saturated rings. The quantitative estimate of drug-likeness (QED) is 0.260. The maximum atomic E-state index is 11.4. The first-order valence-corrected chi connectivity index (χ1v) is 12.0. The summed E-state index contributed by atoms with van der Waals surface area (Å²) in [4.78, 5) is 11.4. The number of aromatic carboxylic acids is 1. The summed E-state index contributed by atoms with van der Waals surface area (Å²) in [6, 6.07) is 18.9. The van der Waals surface area contributed by atoms with Crippen LogP contribution in [0.4, 0.5) is 0 Å². The van der Waals surface area contributed by atoms with Crippen LogP contribution in [-0.4, -0.2) is 46.1 Å². The number of phenolic OH excluding ortho intramolecular Hbond substituents is 1. The second kappa shape index (κ2) is 12.1. The molecule has 0 aliphatic carbocycles. The molecule has 0 bridgehead atoms. The summed E-state index contributed by atoms with van der Waals surface area (Å²) in [5.41, 5.74) is 1.61. The lowest BCUT2D eigenvalue weighted by molar-refractivity contribution is 0.0694. The fourth-order valence-electron chi connectivity index (χ4n) is 3.54. The van der Waals surface area contributed by atoms with Crippen molar-refractivity contribution in [3.63, 3.8) is 0 Å². The van der Waals surface area contributed by atoms with Crippen molar-refractivity contribution in [1.29, 1.82) is 0 Å². The number of nitrogens with one attached hydrogen (secondary N) is 1. The predicted octanol–water partition coefficient (Wildman–Crippen LogP) is 4.78. The number of ether oxygens (including phenoxy) is 2. The average Bonchev–Trinajstić information content (AvgIpc) is 2.82. The zero-order chi connectivity index (χ0) is 25.4. The molecule has 4 N–H and O–H groups in total. The van der Waals surface area contributed by atoms with E-state index in [0.29, 0.717) is 30.0 Å². The van der Waals surface area contributed by atoms with Crippen LogP contribution in [0, 0.1) is 0 Å². The monoisotopic (exact) mass is 543 g/mol. The van der Waals surface area contributed by atoms with Gasteiger partial charge in [0.1, 0.15) is 36.6 Å². The van der Waals surface area contributed by atoms with E-state index in [1.54, 1.807) is 36.4 Å². The Morgan fingerprint density at radius 3 is 2.46 bits per heavy atom. The van der Waals surface area contributed by atoms with Gasteiger partial charge in [-0.25, -0.2) is 4.79 Å². The van der Waals surface area contributed by atoms with Gasteiger partial charge in [-0.05, 0) is 84.2 Å². The SMILES string of the molecule is CC(C)(Cc1ccc(OCc2ccccc2C(=O)O)c(Br)c1)NCC(O)COc1ccc(O)cc1. The van der Waals surface area contributed by atoms with E-state index in [1.165, 1.54) is 12.1 Å². The molecule has 7 nitrogen and oxygen atoms in total. The van der Waals surface area contributed by atoms with Crippen LogP contribution in [-0.2, 0) is 13.0 Å². The van der Waals surface area contributed by atoms with Gasteiger partial charge in [-0.3, -0.25) is 0 Å². The fraction of sp³-hybridized carbons (Fsp3) is 0.296. The molecular formula is C27H30BrNO6. The standard InChI is InChI=1S/C27H30BrNO6/c1-27(2,29-15-21(31)17-34-22-10-8-20(30)9-11-22)14-18-7-12-25(24(28)13-18)35-16-19-5-3-4-6-23(19)26(32)33/h3-13,21,29-31H,14-17H2,1-2H3,(H,32,33). The summed E-state index contributed by atoms with van der Waals surface area (Å²) in [6.07, 6.45) is 0.0125. The van der Waals surface area contributed by atoms with Crippen LogP contribution in [0.1, 0.15) is 35.3 Å². The molecule has 1 unspecified atom stereocenters. The van der Waals surface area contributed by atoms with E-state index in [0.717, 1.165) is 10.0 Å².